The van der Waals surface area contributed by atoms with Crippen molar-refractivity contribution in [2.24, 2.45) is 11.7 Å². The maximum absolute atomic E-state index is 14.3. The Morgan fingerprint density at radius 3 is 2.25 bits per heavy atom. The van der Waals surface area contributed by atoms with Crippen LogP contribution in [0.25, 0.3) is 0 Å². The highest BCUT2D eigenvalue weighted by Gasteiger charge is 2.38. The molecule has 4 aromatic rings. The summed E-state index contributed by atoms with van der Waals surface area (Å²) in [5, 5.41) is 2.80. The number of alkyl carbamates (subject to hydrolysis) is 1. The van der Waals surface area contributed by atoms with Crippen LogP contribution in [-0.4, -0.2) is 36.2 Å². The first-order valence-electron chi connectivity index (χ1n) is 17.2. The number of amides is 3. The Balaban J connectivity index is 1.48. The summed E-state index contributed by atoms with van der Waals surface area (Å²) in [6, 6.07) is 30.6. The second-order valence-electron chi connectivity index (χ2n) is 14.0. The molecule has 51 heavy (non-hydrogen) atoms. The van der Waals surface area contributed by atoms with E-state index in [0.717, 1.165) is 22.3 Å². The first-order chi connectivity index (χ1) is 24.3. The van der Waals surface area contributed by atoms with Gasteiger partial charge in [0, 0.05) is 12.1 Å². The normalized spacial score (nSPS) is 15.9. The number of anilines is 1. The van der Waals surface area contributed by atoms with E-state index in [1.807, 2.05) is 97.1 Å². The van der Waals surface area contributed by atoms with Gasteiger partial charge < -0.3 is 34.9 Å². The van der Waals surface area contributed by atoms with Gasteiger partial charge in [0.05, 0.1) is 25.3 Å². The SMILES string of the molecule is CC(C)COc1ccc2c(c1)C(c1cccc(CNC(=O)OC(C)(C)C)c1)OC(CC(N)=O)C(=O)N2Cc1ccc(OCc2ccccc2)cc1. The van der Waals surface area contributed by atoms with E-state index in [2.05, 4.69) is 19.2 Å². The topological polar surface area (TPSA) is 129 Å². The summed E-state index contributed by atoms with van der Waals surface area (Å²) in [5.41, 5.74) is 9.78. The van der Waals surface area contributed by atoms with Crippen LogP contribution in [0.3, 0.4) is 0 Å². The summed E-state index contributed by atoms with van der Waals surface area (Å²) in [7, 11) is 0. The van der Waals surface area contributed by atoms with Crippen molar-refractivity contribution in [3.63, 3.8) is 0 Å². The average molecular weight is 694 g/mol. The molecule has 0 saturated carbocycles. The number of hydrogen-bond acceptors (Lipinski definition) is 7. The Hall–Kier alpha value is -5.35. The molecule has 0 fully saturated rings. The van der Waals surface area contributed by atoms with Gasteiger partial charge in [0.15, 0.2) is 0 Å². The number of nitrogens with two attached hydrogens (primary N) is 1. The van der Waals surface area contributed by atoms with Crippen LogP contribution in [0.5, 0.6) is 11.5 Å². The molecule has 0 bridgehead atoms. The maximum Gasteiger partial charge on any atom is 0.407 e. The molecule has 0 aliphatic carbocycles. The van der Waals surface area contributed by atoms with Gasteiger partial charge in [0.25, 0.3) is 5.91 Å². The molecule has 1 heterocycles. The van der Waals surface area contributed by atoms with Crippen molar-refractivity contribution in [3.8, 4) is 11.5 Å². The highest BCUT2D eigenvalue weighted by atomic mass is 16.6. The molecule has 2 atom stereocenters. The summed E-state index contributed by atoms with van der Waals surface area (Å²) in [4.78, 5) is 40.6. The highest BCUT2D eigenvalue weighted by Crippen LogP contribution is 2.41. The van der Waals surface area contributed by atoms with Gasteiger partial charge in [-0.3, -0.25) is 9.59 Å². The lowest BCUT2D eigenvalue weighted by Gasteiger charge is -2.25. The standard InChI is InChI=1S/C41H47N3O7/c1-27(2)25-48-33-18-19-35-34(21-33)38(31-13-9-12-30(20-31)23-43-40(47)51-41(3,4)5)50-36(22-37(42)45)39(46)44(35)24-28-14-16-32(17-15-28)49-26-29-10-7-6-8-11-29/h6-21,27,36,38H,22-26H2,1-5H3,(H2,42,45)(H,43,47). The Kier molecular flexibility index (Phi) is 12.0. The number of primary amides is 1. The molecule has 268 valence electrons. The number of rotatable bonds is 13. The molecule has 1 aliphatic rings. The monoisotopic (exact) mass is 693 g/mol. The maximum atomic E-state index is 14.3. The molecule has 4 aromatic carbocycles. The number of benzene rings is 4. The minimum Gasteiger partial charge on any atom is -0.493 e. The third-order valence-corrected chi connectivity index (χ3v) is 7.99. The van der Waals surface area contributed by atoms with E-state index in [4.69, 9.17) is 24.7 Å². The summed E-state index contributed by atoms with van der Waals surface area (Å²) in [6.45, 7) is 10.9. The van der Waals surface area contributed by atoms with Crippen LogP contribution in [0.15, 0.2) is 97.1 Å². The van der Waals surface area contributed by atoms with Gasteiger partial charge in [0.1, 0.15) is 35.9 Å². The Morgan fingerprint density at radius 1 is 0.863 bits per heavy atom. The summed E-state index contributed by atoms with van der Waals surface area (Å²) < 4.78 is 24.1. The second kappa shape index (κ2) is 16.6. The summed E-state index contributed by atoms with van der Waals surface area (Å²) >= 11 is 0. The number of nitrogens with zero attached hydrogens (tertiary/aromatic N) is 1. The van der Waals surface area contributed by atoms with Crippen LogP contribution >= 0.6 is 0 Å². The van der Waals surface area contributed by atoms with Crippen LogP contribution < -0.4 is 25.4 Å². The van der Waals surface area contributed by atoms with E-state index in [-0.39, 0.29) is 25.4 Å². The molecule has 0 spiro atoms. The predicted molar refractivity (Wildman–Crippen MR) is 195 cm³/mol. The van der Waals surface area contributed by atoms with Crippen LogP contribution in [0, 0.1) is 5.92 Å². The molecule has 10 nitrogen and oxygen atoms in total. The summed E-state index contributed by atoms with van der Waals surface area (Å²) in [6.07, 6.45) is -2.76. The molecule has 0 radical (unpaired) electrons. The number of carbonyl (C=O) groups is 3. The zero-order valence-electron chi connectivity index (χ0n) is 29.9. The van der Waals surface area contributed by atoms with Crippen molar-refractivity contribution in [2.75, 3.05) is 11.5 Å². The Labute approximate surface area is 299 Å². The van der Waals surface area contributed by atoms with E-state index in [0.29, 0.717) is 41.9 Å². The first kappa shape index (κ1) is 36.9. The Morgan fingerprint density at radius 2 is 1.57 bits per heavy atom. The molecule has 3 N–H and O–H groups in total. The second-order valence-corrected chi connectivity index (χ2v) is 14.0. The van der Waals surface area contributed by atoms with Crippen LogP contribution in [0.4, 0.5) is 10.5 Å². The van der Waals surface area contributed by atoms with Crippen LogP contribution in [0.2, 0.25) is 0 Å². The fourth-order valence-electron chi connectivity index (χ4n) is 5.64. The van der Waals surface area contributed by atoms with E-state index < -0.39 is 29.8 Å². The molecular weight excluding hydrogens is 646 g/mol. The quantitative estimate of drug-likeness (QED) is 0.151. The van der Waals surface area contributed by atoms with Gasteiger partial charge in [-0.25, -0.2) is 4.79 Å². The number of fused-ring (bicyclic) bond motifs is 1. The lowest BCUT2D eigenvalue weighted by Crippen LogP contribution is -2.41. The molecule has 1 aliphatic heterocycles. The first-order valence-corrected chi connectivity index (χ1v) is 17.2. The van der Waals surface area contributed by atoms with Gasteiger partial charge in [0.2, 0.25) is 5.91 Å². The van der Waals surface area contributed by atoms with Gasteiger partial charge in [-0.2, -0.15) is 0 Å². The number of carbonyl (C=O) groups excluding carboxylic acids is 3. The lowest BCUT2D eigenvalue weighted by atomic mass is 9.97. The third-order valence-electron chi connectivity index (χ3n) is 7.99. The van der Waals surface area contributed by atoms with Crippen LogP contribution in [0.1, 0.15) is 75.0 Å². The minimum atomic E-state index is -1.16. The van der Waals surface area contributed by atoms with Crippen molar-refractivity contribution in [1.82, 2.24) is 5.32 Å². The number of hydrogen-bond donors (Lipinski definition) is 2. The van der Waals surface area contributed by atoms with E-state index in [9.17, 15) is 14.4 Å². The molecule has 5 rings (SSSR count). The number of ether oxygens (including phenoxy) is 4. The Bertz CT molecular complexity index is 1800. The van der Waals surface area contributed by atoms with Gasteiger partial charge >= 0.3 is 6.09 Å². The molecule has 2 unspecified atom stereocenters. The lowest BCUT2D eigenvalue weighted by molar-refractivity contribution is -0.137. The fourth-order valence-corrected chi connectivity index (χ4v) is 5.64. The molecule has 0 aromatic heterocycles. The zero-order valence-corrected chi connectivity index (χ0v) is 29.9. The highest BCUT2D eigenvalue weighted by molar-refractivity contribution is 6.00. The zero-order chi connectivity index (χ0) is 36.5. The van der Waals surface area contributed by atoms with E-state index in [1.54, 1.807) is 25.7 Å². The van der Waals surface area contributed by atoms with Crippen molar-refractivity contribution in [1.29, 1.82) is 0 Å². The number of nitrogens with one attached hydrogen (secondary N) is 1. The third kappa shape index (κ3) is 10.6. The predicted octanol–water partition coefficient (Wildman–Crippen LogP) is 7.22. The van der Waals surface area contributed by atoms with Crippen molar-refractivity contribution in [2.45, 2.75) is 78.5 Å². The van der Waals surface area contributed by atoms with E-state index >= 15 is 0 Å². The van der Waals surface area contributed by atoms with Gasteiger partial charge in [-0.15, -0.1) is 0 Å². The van der Waals surface area contributed by atoms with Crippen LogP contribution in [-0.2, 0) is 38.8 Å². The van der Waals surface area contributed by atoms with Gasteiger partial charge in [-0.05, 0) is 79.3 Å². The molecule has 3 amide bonds. The van der Waals surface area contributed by atoms with Gasteiger partial charge in [-0.1, -0.05) is 80.6 Å². The molecule has 0 saturated heterocycles. The van der Waals surface area contributed by atoms with Crippen molar-refractivity contribution in [3.05, 3.63) is 125 Å². The average Bonchev–Trinajstić information content (AvgIpc) is 3.19. The summed E-state index contributed by atoms with van der Waals surface area (Å²) in [5.74, 6) is 0.574. The molecule has 10 heteroatoms. The van der Waals surface area contributed by atoms with Crippen molar-refractivity contribution >= 4 is 23.6 Å². The van der Waals surface area contributed by atoms with Crippen molar-refractivity contribution < 1.29 is 33.3 Å². The fraction of sp³-hybridized carbons (Fsp3) is 0.341. The molecular formula is C41H47N3O7. The largest absolute Gasteiger partial charge is 0.493 e. The minimum absolute atomic E-state index is 0.209. The smallest absolute Gasteiger partial charge is 0.407 e. The van der Waals surface area contributed by atoms with E-state index in [1.165, 1.54) is 0 Å².